The van der Waals surface area contributed by atoms with E-state index in [-0.39, 0.29) is 0 Å². The Morgan fingerprint density at radius 2 is 1.55 bits per heavy atom. The molecule has 0 aromatic carbocycles. The van der Waals surface area contributed by atoms with E-state index in [1.54, 1.807) is 0 Å². The molecule has 0 aliphatic heterocycles. The summed E-state index contributed by atoms with van der Waals surface area (Å²) in [5.74, 6) is 0. The van der Waals surface area contributed by atoms with Gasteiger partial charge in [-0.25, -0.2) is 4.57 Å². The van der Waals surface area contributed by atoms with Crippen LogP contribution in [-0.4, -0.2) is 8.07 Å². The Bertz CT molecular complexity index is 233. The summed E-state index contributed by atoms with van der Waals surface area (Å²) in [4.78, 5) is 0. The van der Waals surface area contributed by atoms with Crippen LogP contribution in [0.1, 0.15) is 0 Å². The van der Waals surface area contributed by atoms with Crippen molar-refractivity contribution in [1.82, 2.24) is 0 Å². The van der Waals surface area contributed by atoms with Crippen LogP contribution in [0.25, 0.3) is 0 Å². The Balaban J connectivity index is 2.99. The topological polar surface area (TPSA) is 3.88 Å². The average Bonchev–Trinajstić information content (AvgIpc) is 1.86. The standard InChI is InChI=1S/C9H16NSi/c1-10-7-5-9(6-8-10)11(2,3)4/h5-8H,1-4H3/q+1. The second kappa shape index (κ2) is 2.78. The van der Waals surface area contributed by atoms with Crippen molar-refractivity contribution in [3.8, 4) is 0 Å². The first-order valence-corrected chi connectivity index (χ1v) is 7.46. The van der Waals surface area contributed by atoms with Crippen LogP contribution in [-0.2, 0) is 7.05 Å². The SMILES string of the molecule is C[n+]1ccc([Si](C)(C)C)cc1. The van der Waals surface area contributed by atoms with E-state index in [0.29, 0.717) is 0 Å². The predicted molar refractivity (Wildman–Crippen MR) is 50.6 cm³/mol. The average molecular weight is 166 g/mol. The minimum atomic E-state index is -1.07. The van der Waals surface area contributed by atoms with Crippen molar-refractivity contribution in [2.75, 3.05) is 0 Å². The van der Waals surface area contributed by atoms with Gasteiger partial charge in [-0.3, -0.25) is 0 Å². The minimum absolute atomic E-state index is 1.07. The molecule has 0 amide bonds. The minimum Gasteiger partial charge on any atom is -0.208 e. The van der Waals surface area contributed by atoms with Crippen molar-refractivity contribution in [3.63, 3.8) is 0 Å². The Morgan fingerprint density at radius 3 is 1.91 bits per heavy atom. The summed E-state index contributed by atoms with van der Waals surface area (Å²) in [6.45, 7) is 7.09. The smallest absolute Gasteiger partial charge is 0.168 e. The van der Waals surface area contributed by atoms with Gasteiger partial charge in [0.1, 0.15) is 7.05 Å². The predicted octanol–water partition coefficient (Wildman–Crippen LogP) is 1.06. The van der Waals surface area contributed by atoms with Gasteiger partial charge in [-0.2, -0.15) is 0 Å². The highest BCUT2D eigenvalue weighted by atomic mass is 28.3. The summed E-state index contributed by atoms with van der Waals surface area (Å²) in [5, 5.41) is 1.52. The zero-order valence-corrected chi connectivity index (χ0v) is 8.76. The van der Waals surface area contributed by atoms with E-state index >= 15 is 0 Å². The Kier molecular flexibility index (Phi) is 2.14. The van der Waals surface area contributed by atoms with E-state index in [1.165, 1.54) is 5.19 Å². The highest BCUT2D eigenvalue weighted by molar-refractivity contribution is 6.88. The molecule has 0 fully saturated rings. The highest BCUT2D eigenvalue weighted by Gasteiger charge is 2.16. The molecule has 60 valence electrons. The summed E-state index contributed by atoms with van der Waals surface area (Å²) in [6.07, 6.45) is 4.24. The Morgan fingerprint density at radius 1 is 1.09 bits per heavy atom. The third-order valence-corrected chi connectivity index (χ3v) is 3.91. The van der Waals surface area contributed by atoms with Gasteiger partial charge in [-0.15, -0.1) is 0 Å². The van der Waals surface area contributed by atoms with Gasteiger partial charge in [0.15, 0.2) is 12.4 Å². The Hall–Kier alpha value is -0.633. The molecule has 0 spiro atoms. The van der Waals surface area contributed by atoms with Crippen LogP contribution in [0.15, 0.2) is 24.5 Å². The van der Waals surface area contributed by atoms with Crippen LogP contribution in [0.2, 0.25) is 19.6 Å². The molecule has 0 aliphatic carbocycles. The molecule has 11 heavy (non-hydrogen) atoms. The molecule has 0 atom stereocenters. The van der Waals surface area contributed by atoms with Crippen molar-refractivity contribution in [2.24, 2.45) is 7.05 Å². The molecule has 1 nitrogen and oxygen atoms in total. The molecule has 1 heterocycles. The maximum absolute atomic E-state index is 2.36. The fourth-order valence-corrected chi connectivity index (χ4v) is 2.15. The molecular formula is C9H16NSi+. The molecule has 0 N–H and O–H groups in total. The molecule has 1 rings (SSSR count). The second-order valence-corrected chi connectivity index (χ2v) is 9.08. The molecule has 0 unspecified atom stereocenters. The number of nitrogens with zero attached hydrogens (tertiary/aromatic N) is 1. The summed E-state index contributed by atoms with van der Waals surface area (Å²) in [5.41, 5.74) is 0. The molecule has 1 aromatic rings. The van der Waals surface area contributed by atoms with Gasteiger partial charge in [-0.1, -0.05) is 19.6 Å². The molecule has 1 aromatic heterocycles. The molecular weight excluding hydrogens is 150 g/mol. The molecule has 0 aliphatic rings. The van der Waals surface area contributed by atoms with E-state index in [4.69, 9.17) is 0 Å². The lowest BCUT2D eigenvalue weighted by atomic mass is 10.5. The van der Waals surface area contributed by atoms with Crippen molar-refractivity contribution in [2.45, 2.75) is 19.6 Å². The molecule has 0 saturated heterocycles. The van der Waals surface area contributed by atoms with Gasteiger partial charge >= 0.3 is 0 Å². The van der Waals surface area contributed by atoms with Gasteiger partial charge in [0.25, 0.3) is 0 Å². The number of aromatic nitrogens is 1. The zero-order valence-electron chi connectivity index (χ0n) is 7.76. The number of rotatable bonds is 1. The monoisotopic (exact) mass is 166 g/mol. The van der Waals surface area contributed by atoms with Crippen LogP contribution in [0.4, 0.5) is 0 Å². The van der Waals surface area contributed by atoms with Crippen LogP contribution >= 0.6 is 0 Å². The maximum atomic E-state index is 2.36. The Labute approximate surface area is 69.7 Å². The van der Waals surface area contributed by atoms with Gasteiger partial charge in [-0.05, 0) is 5.19 Å². The fourth-order valence-electron chi connectivity index (χ4n) is 1.00. The van der Waals surface area contributed by atoms with Crippen LogP contribution < -0.4 is 9.75 Å². The lowest BCUT2D eigenvalue weighted by molar-refractivity contribution is -0.671. The summed E-state index contributed by atoms with van der Waals surface area (Å²) < 4.78 is 2.07. The van der Waals surface area contributed by atoms with Crippen LogP contribution in [0.3, 0.4) is 0 Å². The first-order valence-electron chi connectivity index (χ1n) is 3.96. The second-order valence-electron chi connectivity index (χ2n) is 4.00. The largest absolute Gasteiger partial charge is 0.208 e. The first-order chi connectivity index (χ1) is 5.00. The summed E-state index contributed by atoms with van der Waals surface area (Å²) in [7, 11) is 0.980. The lowest BCUT2D eigenvalue weighted by Gasteiger charge is -2.14. The normalized spacial score (nSPS) is 11.6. The van der Waals surface area contributed by atoms with Crippen molar-refractivity contribution in [3.05, 3.63) is 24.5 Å². The van der Waals surface area contributed by atoms with Crippen molar-refractivity contribution < 1.29 is 4.57 Å². The van der Waals surface area contributed by atoms with Crippen molar-refractivity contribution >= 4 is 13.3 Å². The number of hydrogen-bond acceptors (Lipinski definition) is 0. The van der Waals surface area contributed by atoms with Gasteiger partial charge in [0, 0.05) is 12.1 Å². The van der Waals surface area contributed by atoms with Gasteiger partial charge in [0.2, 0.25) is 0 Å². The number of hydrogen-bond donors (Lipinski definition) is 0. The first kappa shape index (κ1) is 8.46. The third-order valence-electron chi connectivity index (χ3n) is 1.84. The van der Waals surface area contributed by atoms with E-state index in [2.05, 4.69) is 48.7 Å². The molecule has 0 radical (unpaired) electrons. The van der Waals surface area contributed by atoms with Gasteiger partial charge in [0.05, 0.1) is 8.07 Å². The number of aryl methyl sites for hydroxylation is 1. The zero-order chi connectivity index (χ0) is 8.48. The van der Waals surface area contributed by atoms with E-state index in [9.17, 15) is 0 Å². The fraction of sp³-hybridized carbons (Fsp3) is 0.444. The van der Waals surface area contributed by atoms with E-state index in [1.807, 2.05) is 7.05 Å². The lowest BCUT2D eigenvalue weighted by Crippen LogP contribution is -2.40. The summed E-state index contributed by atoms with van der Waals surface area (Å²) >= 11 is 0. The van der Waals surface area contributed by atoms with Crippen molar-refractivity contribution in [1.29, 1.82) is 0 Å². The quantitative estimate of drug-likeness (QED) is 0.434. The molecule has 0 bridgehead atoms. The number of pyridine rings is 1. The molecule has 0 saturated carbocycles. The third kappa shape index (κ3) is 2.15. The van der Waals surface area contributed by atoms with E-state index < -0.39 is 8.07 Å². The molecule has 2 heteroatoms. The maximum Gasteiger partial charge on any atom is 0.168 e. The van der Waals surface area contributed by atoms with Crippen LogP contribution in [0, 0.1) is 0 Å². The summed E-state index contributed by atoms with van der Waals surface area (Å²) in [6, 6.07) is 4.46. The van der Waals surface area contributed by atoms with Gasteiger partial charge < -0.3 is 0 Å². The van der Waals surface area contributed by atoms with Crippen LogP contribution in [0.5, 0.6) is 0 Å². The van der Waals surface area contributed by atoms with E-state index in [0.717, 1.165) is 0 Å². The highest BCUT2D eigenvalue weighted by Crippen LogP contribution is 1.99.